The standard InChI is InChI=1S/C20H22N2O.2C2H6/c1-21-13-7-3-4-8-15-11-12-17-16-9-5-6-10-18(16)20(22-23-2)19(17)14-15;2*1-2/h4-6,8-12,14,21H,3,7,13H2,1-2H3;2*1-2H3/b8-4+,22-20+;;. The third-order valence-corrected chi connectivity index (χ3v) is 4.06. The summed E-state index contributed by atoms with van der Waals surface area (Å²) >= 11 is 0. The van der Waals surface area contributed by atoms with Crippen LogP contribution in [0, 0.1) is 0 Å². The van der Waals surface area contributed by atoms with Gasteiger partial charge in [-0.25, -0.2) is 0 Å². The van der Waals surface area contributed by atoms with E-state index in [0.717, 1.165) is 36.2 Å². The van der Waals surface area contributed by atoms with Crippen molar-refractivity contribution in [3.8, 4) is 11.1 Å². The molecular weight excluding hydrogens is 332 g/mol. The van der Waals surface area contributed by atoms with Gasteiger partial charge in [-0.2, -0.15) is 0 Å². The van der Waals surface area contributed by atoms with Crippen molar-refractivity contribution in [2.75, 3.05) is 20.7 Å². The minimum Gasteiger partial charge on any atom is -0.399 e. The van der Waals surface area contributed by atoms with Gasteiger partial charge in [0.1, 0.15) is 12.8 Å². The molecule has 3 rings (SSSR count). The molecule has 2 aromatic rings. The second-order valence-corrected chi connectivity index (χ2v) is 5.62. The van der Waals surface area contributed by atoms with Gasteiger partial charge in [-0.05, 0) is 49.2 Å². The molecule has 3 nitrogen and oxygen atoms in total. The molecule has 0 bridgehead atoms. The minimum absolute atomic E-state index is 0.920. The van der Waals surface area contributed by atoms with Crippen LogP contribution in [0.2, 0.25) is 0 Å². The molecular formula is C24H34N2O. The van der Waals surface area contributed by atoms with Crippen molar-refractivity contribution in [3.63, 3.8) is 0 Å². The number of nitrogens with zero attached hydrogens (tertiary/aromatic N) is 1. The summed E-state index contributed by atoms with van der Waals surface area (Å²) < 4.78 is 0. The van der Waals surface area contributed by atoms with E-state index in [-0.39, 0.29) is 0 Å². The maximum absolute atomic E-state index is 5.07. The number of unbranched alkanes of at least 4 members (excludes halogenated alkanes) is 1. The molecule has 0 radical (unpaired) electrons. The highest BCUT2D eigenvalue weighted by Gasteiger charge is 2.25. The second-order valence-electron chi connectivity index (χ2n) is 5.62. The number of allylic oxidation sites excluding steroid dienone is 1. The lowest BCUT2D eigenvalue weighted by atomic mass is 10.0. The summed E-state index contributed by atoms with van der Waals surface area (Å²) in [5.74, 6) is 0. The molecule has 1 aliphatic carbocycles. The van der Waals surface area contributed by atoms with E-state index in [1.807, 2.05) is 40.8 Å². The average Bonchev–Trinajstić information content (AvgIpc) is 3.05. The lowest BCUT2D eigenvalue weighted by Crippen LogP contribution is -2.06. The Morgan fingerprint density at radius 3 is 2.26 bits per heavy atom. The molecule has 0 saturated carbocycles. The van der Waals surface area contributed by atoms with E-state index < -0.39 is 0 Å². The van der Waals surface area contributed by atoms with Crippen molar-refractivity contribution < 1.29 is 4.84 Å². The van der Waals surface area contributed by atoms with Gasteiger partial charge in [0.25, 0.3) is 0 Å². The van der Waals surface area contributed by atoms with Crippen LogP contribution in [0.5, 0.6) is 0 Å². The number of hydrogen-bond donors (Lipinski definition) is 1. The van der Waals surface area contributed by atoms with E-state index in [1.54, 1.807) is 7.11 Å². The Bertz CT molecular complexity index is 748. The molecule has 3 heteroatoms. The summed E-state index contributed by atoms with van der Waals surface area (Å²) in [6.45, 7) is 9.05. The fourth-order valence-electron chi connectivity index (χ4n) is 2.97. The average molecular weight is 367 g/mol. The van der Waals surface area contributed by atoms with Crippen LogP contribution in [0.25, 0.3) is 17.2 Å². The molecule has 1 aliphatic rings. The minimum atomic E-state index is 0.920. The number of fused-ring (bicyclic) bond motifs is 3. The zero-order valence-corrected chi connectivity index (χ0v) is 17.7. The van der Waals surface area contributed by atoms with E-state index >= 15 is 0 Å². The Morgan fingerprint density at radius 1 is 0.926 bits per heavy atom. The maximum Gasteiger partial charge on any atom is 0.118 e. The van der Waals surface area contributed by atoms with Crippen LogP contribution >= 0.6 is 0 Å². The van der Waals surface area contributed by atoms with Crippen molar-refractivity contribution in [2.45, 2.75) is 40.5 Å². The SMILES string of the molecule is CC.CC.CNCCC/C=C/c1ccc2c(c1)/C(=N/OC)c1ccccc1-2. The van der Waals surface area contributed by atoms with Gasteiger partial charge in [-0.3, -0.25) is 0 Å². The molecule has 27 heavy (non-hydrogen) atoms. The Balaban J connectivity index is 0.000000855. The first kappa shape index (κ1) is 22.7. The third kappa shape index (κ3) is 5.80. The van der Waals surface area contributed by atoms with E-state index in [9.17, 15) is 0 Å². The van der Waals surface area contributed by atoms with E-state index in [4.69, 9.17) is 4.84 Å². The van der Waals surface area contributed by atoms with Crippen LogP contribution in [0.4, 0.5) is 0 Å². The first-order chi connectivity index (χ1) is 13.3. The summed E-state index contributed by atoms with van der Waals surface area (Å²) in [5, 5.41) is 7.42. The first-order valence-corrected chi connectivity index (χ1v) is 10.0. The fraction of sp³-hybridized carbons (Fsp3) is 0.375. The molecule has 0 aliphatic heterocycles. The Labute approximate surface area is 165 Å². The van der Waals surface area contributed by atoms with Crippen LogP contribution < -0.4 is 5.32 Å². The summed E-state index contributed by atoms with van der Waals surface area (Å²) in [5.41, 5.74) is 6.85. The molecule has 146 valence electrons. The van der Waals surface area contributed by atoms with Crippen LogP contribution in [-0.2, 0) is 4.84 Å². The molecule has 0 aromatic heterocycles. The van der Waals surface area contributed by atoms with Gasteiger partial charge >= 0.3 is 0 Å². The summed E-state index contributed by atoms with van der Waals surface area (Å²) in [4.78, 5) is 5.07. The summed E-state index contributed by atoms with van der Waals surface area (Å²) in [7, 11) is 3.58. The highest BCUT2D eigenvalue weighted by Crippen LogP contribution is 2.37. The Morgan fingerprint density at radius 2 is 1.59 bits per heavy atom. The second kappa shape index (κ2) is 12.9. The normalized spacial score (nSPS) is 12.6. The molecule has 0 atom stereocenters. The van der Waals surface area contributed by atoms with Gasteiger partial charge < -0.3 is 10.2 Å². The lowest BCUT2D eigenvalue weighted by Gasteiger charge is -2.02. The van der Waals surface area contributed by atoms with Gasteiger partial charge in [-0.1, -0.05) is 81.4 Å². The molecule has 0 saturated heterocycles. The molecule has 1 N–H and O–H groups in total. The number of benzene rings is 2. The third-order valence-electron chi connectivity index (χ3n) is 4.06. The predicted molar refractivity (Wildman–Crippen MR) is 119 cm³/mol. The molecule has 0 fully saturated rings. The number of nitrogens with one attached hydrogen (secondary N) is 1. The summed E-state index contributed by atoms with van der Waals surface area (Å²) in [6, 6.07) is 14.9. The van der Waals surface area contributed by atoms with Crippen molar-refractivity contribution >= 4 is 11.8 Å². The van der Waals surface area contributed by atoms with Crippen LogP contribution in [-0.4, -0.2) is 26.4 Å². The van der Waals surface area contributed by atoms with Crippen LogP contribution in [0.1, 0.15) is 57.2 Å². The van der Waals surface area contributed by atoms with Crippen LogP contribution in [0.3, 0.4) is 0 Å². The zero-order valence-electron chi connectivity index (χ0n) is 17.7. The van der Waals surface area contributed by atoms with Crippen molar-refractivity contribution in [2.24, 2.45) is 5.16 Å². The van der Waals surface area contributed by atoms with Gasteiger partial charge in [0.05, 0.1) is 0 Å². The number of oxime groups is 1. The van der Waals surface area contributed by atoms with Crippen molar-refractivity contribution in [1.29, 1.82) is 0 Å². The van der Waals surface area contributed by atoms with Crippen LogP contribution in [0.15, 0.2) is 53.7 Å². The van der Waals surface area contributed by atoms with Gasteiger partial charge in [0.15, 0.2) is 0 Å². The monoisotopic (exact) mass is 366 g/mol. The molecule has 0 unspecified atom stereocenters. The highest BCUT2D eigenvalue weighted by molar-refractivity contribution is 6.24. The maximum atomic E-state index is 5.07. The van der Waals surface area contributed by atoms with Crippen molar-refractivity contribution in [1.82, 2.24) is 5.32 Å². The largest absolute Gasteiger partial charge is 0.399 e. The zero-order chi connectivity index (χ0) is 20.1. The molecule has 2 aromatic carbocycles. The Hall–Kier alpha value is -2.39. The molecule has 0 spiro atoms. The van der Waals surface area contributed by atoms with Gasteiger partial charge in [-0.15, -0.1) is 0 Å². The smallest absolute Gasteiger partial charge is 0.118 e. The topological polar surface area (TPSA) is 33.6 Å². The highest BCUT2D eigenvalue weighted by atomic mass is 16.6. The predicted octanol–water partition coefficient (Wildman–Crippen LogP) is 6.13. The Kier molecular flexibility index (Phi) is 10.8. The molecule has 0 heterocycles. The number of rotatable bonds is 6. The quantitative estimate of drug-likeness (QED) is 0.420. The van der Waals surface area contributed by atoms with E-state index in [0.29, 0.717) is 0 Å². The van der Waals surface area contributed by atoms with E-state index in [1.165, 1.54) is 16.7 Å². The van der Waals surface area contributed by atoms with Crippen molar-refractivity contribution in [3.05, 3.63) is 65.2 Å². The summed E-state index contributed by atoms with van der Waals surface area (Å²) in [6.07, 6.45) is 6.65. The number of hydrogen-bond acceptors (Lipinski definition) is 3. The van der Waals surface area contributed by atoms with Gasteiger partial charge in [0, 0.05) is 11.1 Å². The first-order valence-electron chi connectivity index (χ1n) is 10.0. The molecule has 0 amide bonds. The fourth-order valence-corrected chi connectivity index (χ4v) is 2.97. The van der Waals surface area contributed by atoms with E-state index in [2.05, 4.69) is 59.0 Å². The van der Waals surface area contributed by atoms with Gasteiger partial charge in [0.2, 0.25) is 0 Å². The lowest BCUT2D eigenvalue weighted by molar-refractivity contribution is 0.214.